The molecule has 0 saturated heterocycles. The molecule has 0 fully saturated rings. The molecule has 0 radical (unpaired) electrons. The predicted molar refractivity (Wildman–Crippen MR) is 118 cm³/mol. The highest BCUT2D eigenvalue weighted by atomic mass is 35.5. The number of rotatable bonds is 7. The first-order valence-electron chi connectivity index (χ1n) is 9.47. The molecular weight excluding hydrogens is 408 g/mol. The van der Waals surface area contributed by atoms with Crippen molar-refractivity contribution < 1.29 is 14.3 Å². The Bertz CT molecular complexity index is 1000. The van der Waals surface area contributed by atoms with Crippen LogP contribution in [0.1, 0.15) is 32.7 Å². The standard InChI is InChI=1S/C21H27ClN4O4/c1-12-8-13(2)25-20(28)17(12)11-24-19(27)16-9-15(22)10-18(14(16)3)26(5)6-7-30-21(29)23-4/h8-10H,6-7,11H2,1-5H3,(H,23,29)(H,24,27)(H,25,28). The van der Waals surface area contributed by atoms with Crippen molar-refractivity contribution in [3.63, 3.8) is 0 Å². The van der Waals surface area contributed by atoms with Crippen LogP contribution in [0.2, 0.25) is 5.02 Å². The number of ether oxygens (including phenoxy) is 1. The van der Waals surface area contributed by atoms with E-state index in [0.717, 1.165) is 22.5 Å². The highest BCUT2D eigenvalue weighted by Crippen LogP contribution is 2.27. The van der Waals surface area contributed by atoms with E-state index in [1.54, 1.807) is 12.1 Å². The van der Waals surface area contributed by atoms with Crippen LogP contribution in [0.15, 0.2) is 23.0 Å². The molecule has 0 atom stereocenters. The van der Waals surface area contributed by atoms with Crippen LogP contribution in [0.25, 0.3) is 0 Å². The molecule has 0 aliphatic rings. The summed E-state index contributed by atoms with van der Waals surface area (Å²) in [5.74, 6) is -0.328. The van der Waals surface area contributed by atoms with Crippen LogP contribution < -0.4 is 21.1 Å². The van der Waals surface area contributed by atoms with Crippen LogP contribution in [0, 0.1) is 20.8 Å². The van der Waals surface area contributed by atoms with Gasteiger partial charge in [0.25, 0.3) is 11.5 Å². The number of carbonyl (C=O) groups is 2. The number of nitrogens with zero attached hydrogens (tertiary/aromatic N) is 1. The largest absolute Gasteiger partial charge is 0.448 e. The number of benzene rings is 1. The number of aromatic nitrogens is 1. The number of likely N-dealkylation sites (N-methyl/N-ethyl adjacent to an activating group) is 1. The normalized spacial score (nSPS) is 10.5. The molecule has 2 amide bonds. The molecule has 2 rings (SSSR count). The number of hydrogen-bond donors (Lipinski definition) is 3. The number of aryl methyl sites for hydroxylation is 2. The fourth-order valence-electron chi connectivity index (χ4n) is 3.13. The summed E-state index contributed by atoms with van der Waals surface area (Å²) in [7, 11) is 3.31. The summed E-state index contributed by atoms with van der Waals surface area (Å²) in [6.07, 6.45) is -0.507. The van der Waals surface area contributed by atoms with E-state index in [9.17, 15) is 14.4 Å². The number of halogens is 1. The zero-order chi connectivity index (χ0) is 22.4. The maximum Gasteiger partial charge on any atom is 0.406 e. The van der Waals surface area contributed by atoms with E-state index in [-0.39, 0.29) is 24.6 Å². The summed E-state index contributed by atoms with van der Waals surface area (Å²) < 4.78 is 5.01. The van der Waals surface area contributed by atoms with Crippen molar-refractivity contribution in [2.45, 2.75) is 27.3 Å². The molecular formula is C21H27ClN4O4. The summed E-state index contributed by atoms with van der Waals surface area (Å²) in [5.41, 5.74) is 3.77. The van der Waals surface area contributed by atoms with Crippen molar-refractivity contribution >= 4 is 29.3 Å². The third-order valence-electron chi connectivity index (χ3n) is 4.78. The highest BCUT2D eigenvalue weighted by molar-refractivity contribution is 6.31. The molecule has 3 N–H and O–H groups in total. The lowest BCUT2D eigenvalue weighted by molar-refractivity contribution is 0.0950. The number of alkyl carbamates (subject to hydrolysis) is 1. The van der Waals surface area contributed by atoms with Gasteiger partial charge in [-0.1, -0.05) is 11.6 Å². The van der Waals surface area contributed by atoms with Crippen molar-refractivity contribution in [3.8, 4) is 0 Å². The average Bonchev–Trinajstić information content (AvgIpc) is 2.68. The SMILES string of the molecule is CNC(=O)OCCN(C)c1cc(Cl)cc(C(=O)NCc2c(C)cc(C)[nH]c2=O)c1C. The van der Waals surface area contributed by atoms with E-state index >= 15 is 0 Å². The minimum Gasteiger partial charge on any atom is -0.448 e. The Morgan fingerprint density at radius 1 is 1.20 bits per heavy atom. The molecule has 8 nitrogen and oxygen atoms in total. The van der Waals surface area contributed by atoms with Crippen LogP contribution in [0.3, 0.4) is 0 Å². The number of H-pyrrole nitrogens is 1. The first-order chi connectivity index (χ1) is 14.1. The van der Waals surface area contributed by atoms with E-state index in [1.807, 2.05) is 38.8 Å². The second-order valence-corrected chi connectivity index (χ2v) is 7.47. The number of aromatic amines is 1. The lowest BCUT2D eigenvalue weighted by Crippen LogP contribution is -2.30. The number of pyridine rings is 1. The summed E-state index contributed by atoms with van der Waals surface area (Å²) in [6.45, 7) is 6.18. The Labute approximate surface area is 180 Å². The molecule has 0 aliphatic heterocycles. The number of anilines is 1. The minimum absolute atomic E-state index is 0.109. The molecule has 0 aliphatic carbocycles. The molecule has 0 spiro atoms. The Kier molecular flexibility index (Phi) is 7.88. The van der Waals surface area contributed by atoms with Gasteiger partial charge in [-0.15, -0.1) is 0 Å². The zero-order valence-electron chi connectivity index (χ0n) is 17.8. The van der Waals surface area contributed by atoms with E-state index in [2.05, 4.69) is 15.6 Å². The van der Waals surface area contributed by atoms with Gasteiger partial charge in [0, 0.05) is 48.2 Å². The second-order valence-electron chi connectivity index (χ2n) is 7.03. The minimum atomic E-state index is -0.507. The molecule has 1 aromatic carbocycles. The molecule has 1 heterocycles. The van der Waals surface area contributed by atoms with Crippen molar-refractivity contribution in [1.29, 1.82) is 0 Å². The number of amides is 2. The quantitative estimate of drug-likeness (QED) is 0.621. The van der Waals surface area contributed by atoms with Gasteiger partial charge in [-0.3, -0.25) is 9.59 Å². The van der Waals surface area contributed by atoms with Gasteiger partial charge in [0.2, 0.25) is 0 Å². The van der Waals surface area contributed by atoms with Crippen LogP contribution in [-0.2, 0) is 11.3 Å². The van der Waals surface area contributed by atoms with Crippen LogP contribution in [0.5, 0.6) is 0 Å². The Balaban J connectivity index is 2.16. The van der Waals surface area contributed by atoms with Crippen molar-refractivity contribution in [1.82, 2.24) is 15.6 Å². The van der Waals surface area contributed by atoms with Crippen LogP contribution in [-0.4, -0.2) is 44.2 Å². The lowest BCUT2D eigenvalue weighted by Gasteiger charge is -2.23. The van der Waals surface area contributed by atoms with Gasteiger partial charge in [-0.2, -0.15) is 0 Å². The maximum absolute atomic E-state index is 12.8. The van der Waals surface area contributed by atoms with Crippen LogP contribution in [0.4, 0.5) is 10.5 Å². The van der Waals surface area contributed by atoms with Gasteiger partial charge in [0.15, 0.2) is 0 Å². The molecule has 0 bridgehead atoms. The summed E-state index contributed by atoms with van der Waals surface area (Å²) >= 11 is 6.25. The summed E-state index contributed by atoms with van der Waals surface area (Å²) in [5, 5.41) is 5.59. The molecule has 2 aromatic rings. The number of hydrogen-bond acceptors (Lipinski definition) is 5. The Morgan fingerprint density at radius 3 is 2.53 bits per heavy atom. The molecule has 1 aromatic heterocycles. The zero-order valence-corrected chi connectivity index (χ0v) is 18.6. The molecule has 9 heteroatoms. The molecule has 162 valence electrons. The van der Waals surface area contributed by atoms with Gasteiger partial charge < -0.3 is 25.3 Å². The molecule has 30 heavy (non-hydrogen) atoms. The van der Waals surface area contributed by atoms with Gasteiger partial charge in [-0.25, -0.2) is 4.79 Å². The third-order valence-corrected chi connectivity index (χ3v) is 5.00. The average molecular weight is 435 g/mol. The van der Waals surface area contributed by atoms with E-state index < -0.39 is 6.09 Å². The van der Waals surface area contributed by atoms with Gasteiger partial charge >= 0.3 is 6.09 Å². The van der Waals surface area contributed by atoms with Gasteiger partial charge in [0.05, 0.1) is 6.54 Å². The van der Waals surface area contributed by atoms with Crippen molar-refractivity contribution in [2.75, 3.05) is 32.1 Å². The van der Waals surface area contributed by atoms with E-state index in [0.29, 0.717) is 22.7 Å². The molecule has 0 saturated carbocycles. The van der Waals surface area contributed by atoms with Crippen molar-refractivity contribution in [2.24, 2.45) is 0 Å². The highest BCUT2D eigenvalue weighted by Gasteiger charge is 2.17. The smallest absolute Gasteiger partial charge is 0.406 e. The summed E-state index contributed by atoms with van der Waals surface area (Å²) in [4.78, 5) is 40.8. The third kappa shape index (κ3) is 5.76. The monoisotopic (exact) mass is 434 g/mol. The number of carbonyl (C=O) groups excluding carboxylic acids is 2. The fraction of sp³-hybridized carbons (Fsp3) is 0.381. The lowest BCUT2D eigenvalue weighted by atomic mass is 10.0. The van der Waals surface area contributed by atoms with Crippen LogP contribution >= 0.6 is 11.6 Å². The second kappa shape index (κ2) is 10.2. The fourth-order valence-corrected chi connectivity index (χ4v) is 3.34. The number of nitrogens with one attached hydrogen (secondary N) is 3. The van der Waals surface area contributed by atoms with Gasteiger partial charge in [-0.05, 0) is 50.1 Å². The maximum atomic E-state index is 12.8. The first kappa shape index (κ1) is 23.3. The Morgan fingerprint density at radius 2 is 1.90 bits per heavy atom. The molecule has 0 unspecified atom stereocenters. The Hall–Kier alpha value is -3.00. The summed E-state index contributed by atoms with van der Waals surface area (Å²) in [6, 6.07) is 5.21. The topological polar surface area (TPSA) is 104 Å². The van der Waals surface area contributed by atoms with Gasteiger partial charge in [0.1, 0.15) is 6.61 Å². The first-order valence-corrected chi connectivity index (χ1v) is 9.85. The predicted octanol–water partition coefficient (Wildman–Crippen LogP) is 2.68. The van der Waals surface area contributed by atoms with E-state index in [1.165, 1.54) is 7.05 Å². The van der Waals surface area contributed by atoms with Crippen molar-refractivity contribution in [3.05, 3.63) is 61.5 Å². The van der Waals surface area contributed by atoms with E-state index in [4.69, 9.17) is 16.3 Å².